The summed E-state index contributed by atoms with van der Waals surface area (Å²) in [4.78, 5) is 9.65. The number of nitro groups is 1. The summed E-state index contributed by atoms with van der Waals surface area (Å²) in [5, 5.41) is 13.0. The third kappa shape index (κ3) is 1.40. The summed E-state index contributed by atoms with van der Waals surface area (Å²) in [5.74, 6) is 0. The lowest BCUT2D eigenvalue weighted by Crippen LogP contribution is -1.89. The summed E-state index contributed by atoms with van der Waals surface area (Å²) in [6.45, 7) is 0. The maximum Gasteiger partial charge on any atom is 0.315 e. The van der Waals surface area contributed by atoms with Crippen molar-refractivity contribution in [3.63, 3.8) is 0 Å². The predicted molar refractivity (Wildman–Crippen MR) is 42.3 cm³/mol. The van der Waals surface area contributed by atoms with Crippen molar-refractivity contribution < 1.29 is 4.92 Å². The van der Waals surface area contributed by atoms with E-state index in [2.05, 4.69) is 5.11 Å². The minimum Gasteiger partial charge on any atom is -0.258 e. The average molecular weight is 185 g/mol. The van der Waals surface area contributed by atoms with E-state index in [-0.39, 0.29) is 16.4 Å². The Morgan fingerprint density at radius 1 is 1.58 bits per heavy atom. The molecule has 0 aliphatic carbocycles. The Bertz CT molecular complexity index is 340. The molecular weight excluding hydrogens is 182 g/mol. The molecule has 0 aliphatic rings. The molecule has 0 unspecified atom stereocenters. The van der Waals surface area contributed by atoms with Crippen LogP contribution in [-0.4, -0.2) is 4.92 Å². The normalized spacial score (nSPS) is 9.42. The van der Waals surface area contributed by atoms with Gasteiger partial charge in [0.05, 0.1) is 4.92 Å². The number of hydrogen-bond acceptors (Lipinski definition) is 3. The van der Waals surface area contributed by atoms with Crippen LogP contribution in [0.4, 0.5) is 11.4 Å². The van der Waals surface area contributed by atoms with Gasteiger partial charge in [-0.1, -0.05) is 17.7 Å². The molecule has 1 aromatic rings. The SMILES string of the molecule is [N]=Nc1cccc(Cl)c1[N+](=O)[O-]. The Labute approximate surface area is 72.6 Å². The lowest BCUT2D eigenvalue weighted by atomic mass is 10.3. The highest BCUT2D eigenvalue weighted by molar-refractivity contribution is 6.33. The topological polar surface area (TPSA) is 77.8 Å². The lowest BCUT2D eigenvalue weighted by Gasteiger charge is -1.95. The molecule has 0 amide bonds. The van der Waals surface area contributed by atoms with E-state index in [1.54, 1.807) is 0 Å². The Balaban J connectivity index is 3.39. The Morgan fingerprint density at radius 3 is 2.67 bits per heavy atom. The van der Waals surface area contributed by atoms with Crippen LogP contribution in [0.1, 0.15) is 0 Å². The van der Waals surface area contributed by atoms with Crippen molar-refractivity contribution in [3.05, 3.63) is 33.3 Å². The van der Waals surface area contributed by atoms with Crippen LogP contribution in [0, 0.1) is 10.1 Å². The fraction of sp³-hybridized carbons (Fsp3) is 0. The van der Waals surface area contributed by atoms with Crippen LogP contribution in [0.5, 0.6) is 0 Å². The average Bonchev–Trinajstić information content (AvgIpc) is 2.03. The third-order valence-corrected chi connectivity index (χ3v) is 1.56. The monoisotopic (exact) mass is 184 g/mol. The minimum atomic E-state index is -0.697. The number of para-hydroxylation sites is 1. The fourth-order valence-corrected chi connectivity index (χ4v) is 1.00. The van der Waals surface area contributed by atoms with E-state index in [0.29, 0.717) is 0 Å². The molecule has 0 saturated heterocycles. The highest BCUT2D eigenvalue weighted by Gasteiger charge is 2.17. The molecule has 0 bridgehead atoms. The summed E-state index contributed by atoms with van der Waals surface area (Å²) in [6.07, 6.45) is 0. The predicted octanol–water partition coefficient (Wildman–Crippen LogP) is 2.13. The molecule has 1 radical (unpaired) electrons. The first-order chi connectivity index (χ1) is 5.66. The zero-order valence-corrected chi connectivity index (χ0v) is 6.52. The summed E-state index contributed by atoms with van der Waals surface area (Å²) in [7, 11) is 0. The number of nitro benzene ring substituents is 1. The molecule has 0 aliphatic heterocycles. The van der Waals surface area contributed by atoms with Gasteiger partial charge in [-0.05, 0) is 17.7 Å². The van der Waals surface area contributed by atoms with Crippen molar-refractivity contribution in [2.45, 2.75) is 0 Å². The van der Waals surface area contributed by atoms with Crippen molar-refractivity contribution in [1.82, 2.24) is 5.53 Å². The molecule has 0 N–H and O–H groups in total. The number of rotatable bonds is 2. The van der Waals surface area contributed by atoms with Gasteiger partial charge in [-0.3, -0.25) is 10.1 Å². The van der Waals surface area contributed by atoms with Crippen LogP contribution in [-0.2, 0) is 0 Å². The molecule has 0 saturated carbocycles. The first-order valence-corrected chi connectivity index (χ1v) is 3.32. The maximum atomic E-state index is 10.4. The van der Waals surface area contributed by atoms with Crippen molar-refractivity contribution in [3.8, 4) is 0 Å². The number of nitrogens with zero attached hydrogens (tertiary/aromatic N) is 3. The summed E-state index contributed by atoms with van der Waals surface area (Å²) >= 11 is 5.49. The molecule has 0 atom stereocenters. The summed E-state index contributed by atoms with van der Waals surface area (Å²) in [5.41, 5.74) is 7.82. The quantitative estimate of drug-likeness (QED) is 0.401. The van der Waals surface area contributed by atoms with E-state index >= 15 is 0 Å². The minimum absolute atomic E-state index is 0.0460. The highest BCUT2D eigenvalue weighted by Crippen LogP contribution is 2.33. The molecule has 6 heteroatoms. The molecule has 0 heterocycles. The van der Waals surface area contributed by atoms with Gasteiger partial charge in [0.1, 0.15) is 5.02 Å². The first kappa shape index (κ1) is 8.61. The Kier molecular flexibility index (Phi) is 2.35. The number of halogens is 1. The highest BCUT2D eigenvalue weighted by atomic mass is 35.5. The van der Waals surface area contributed by atoms with Gasteiger partial charge < -0.3 is 0 Å². The van der Waals surface area contributed by atoms with Crippen molar-refractivity contribution >= 4 is 23.0 Å². The number of hydrogen-bond donors (Lipinski definition) is 0. The first-order valence-electron chi connectivity index (χ1n) is 2.95. The summed E-state index contributed by atoms with van der Waals surface area (Å²) < 4.78 is 0. The van der Waals surface area contributed by atoms with E-state index in [9.17, 15) is 10.1 Å². The van der Waals surface area contributed by atoms with Gasteiger partial charge >= 0.3 is 5.69 Å². The molecule has 12 heavy (non-hydrogen) atoms. The van der Waals surface area contributed by atoms with E-state index in [1.165, 1.54) is 18.2 Å². The van der Waals surface area contributed by atoms with Crippen LogP contribution in [0.25, 0.3) is 0 Å². The molecule has 5 nitrogen and oxygen atoms in total. The van der Waals surface area contributed by atoms with Gasteiger partial charge in [0, 0.05) is 0 Å². The molecule has 0 aromatic heterocycles. The van der Waals surface area contributed by atoms with Gasteiger partial charge in [-0.2, -0.15) is 0 Å². The van der Waals surface area contributed by atoms with Crippen molar-refractivity contribution in [2.24, 2.45) is 5.11 Å². The van der Waals surface area contributed by atoms with Crippen LogP contribution in [0.2, 0.25) is 5.02 Å². The second kappa shape index (κ2) is 3.27. The second-order valence-electron chi connectivity index (χ2n) is 1.96. The van der Waals surface area contributed by atoms with Crippen LogP contribution < -0.4 is 5.53 Å². The van der Waals surface area contributed by atoms with E-state index in [0.717, 1.165) is 0 Å². The largest absolute Gasteiger partial charge is 0.315 e. The molecule has 0 fully saturated rings. The van der Waals surface area contributed by atoms with Crippen molar-refractivity contribution in [1.29, 1.82) is 0 Å². The molecule has 1 rings (SSSR count). The van der Waals surface area contributed by atoms with E-state index < -0.39 is 4.92 Å². The van der Waals surface area contributed by atoms with Crippen LogP contribution in [0.3, 0.4) is 0 Å². The van der Waals surface area contributed by atoms with E-state index in [4.69, 9.17) is 17.1 Å². The lowest BCUT2D eigenvalue weighted by molar-refractivity contribution is -0.383. The van der Waals surface area contributed by atoms with Gasteiger partial charge in [-0.25, -0.2) is 0 Å². The van der Waals surface area contributed by atoms with Gasteiger partial charge in [0.2, 0.25) is 0 Å². The van der Waals surface area contributed by atoms with Crippen LogP contribution in [0.15, 0.2) is 23.3 Å². The third-order valence-electron chi connectivity index (χ3n) is 1.26. The van der Waals surface area contributed by atoms with Gasteiger partial charge in [-0.15, -0.1) is 5.11 Å². The molecule has 1 aromatic carbocycles. The smallest absolute Gasteiger partial charge is 0.258 e. The zero-order valence-electron chi connectivity index (χ0n) is 5.77. The van der Waals surface area contributed by atoms with Gasteiger partial charge in [0.15, 0.2) is 5.69 Å². The fourth-order valence-electron chi connectivity index (χ4n) is 0.765. The Morgan fingerprint density at radius 2 is 2.25 bits per heavy atom. The second-order valence-corrected chi connectivity index (χ2v) is 2.37. The Hall–Kier alpha value is -1.49. The zero-order chi connectivity index (χ0) is 9.14. The maximum absolute atomic E-state index is 10.4. The van der Waals surface area contributed by atoms with Gasteiger partial charge in [0.25, 0.3) is 0 Å². The molecular formula is C6H3ClN3O2. The molecule has 61 valence electrons. The number of benzene rings is 1. The van der Waals surface area contributed by atoms with Crippen molar-refractivity contribution in [2.75, 3.05) is 0 Å². The standard InChI is InChI=1S/C6H3ClN3O2/c7-4-2-1-3-5(9-8)6(4)10(11)12/h1-3H. The van der Waals surface area contributed by atoms with E-state index in [1.807, 2.05) is 0 Å². The molecule has 0 spiro atoms. The van der Waals surface area contributed by atoms with Crippen LogP contribution >= 0.6 is 11.6 Å². The summed E-state index contributed by atoms with van der Waals surface area (Å²) in [6, 6.07) is 4.11.